The fourth-order valence-electron chi connectivity index (χ4n) is 2.11. The van der Waals surface area contributed by atoms with Crippen molar-refractivity contribution in [3.63, 3.8) is 0 Å². The van der Waals surface area contributed by atoms with E-state index >= 15 is 0 Å². The molecule has 1 aliphatic heterocycles. The number of H-pyrrole nitrogens is 1. The van der Waals surface area contributed by atoms with Crippen LogP contribution in [0.2, 0.25) is 0 Å². The zero-order chi connectivity index (χ0) is 11.0. The molecular formula is C12H12FN3. The maximum Gasteiger partial charge on any atom is 0.123 e. The first-order chi connectivity index (χ1) is 7.83. The van der Waals surface area contributed by atoms with Crippen molar-refractivity contribution in [3.05, 3.63) is 53.1 Å². The minimum absolute atomic E-state index is 0.193. The molecule has 2 heterocycles. The number of aromatic amines is 1. The fourth-order valence-corrected chi connectivity index (χ4v) is 2.11. The summed E-state index contributed by atoms with van der Waals surface area (Å²) in [7, 11) is 0. The van der Waals surface area contributed by atoms with Gasteiger partial charge in [0, 0.05) is 30.3 Å². The predicted octanol–water partition coefficient (Wildman–Crippen LogP) is 1.94. The van der Waals surface area contributed by atoms with Crippen LogP contribution in [0.3, 0.4) is 0 Å². The van der Waals surface area contributed by atoms with Crippen LogP contribution in [0.15, 0.2) is 30.5 Å². The first kappa shape index (κ1) is 9.54. The third kappa shape index (κ3) is 1.61. The minimum atomic E-state index is -0.193. The van der Waals surface area contributed by atoms with E-state index in [1.165, 1.54) is 23.4 Å². The van der Waals surface area contributed by atoms with E-state index < -0.39 is 0 Å². The molecule has 3 rings (SSSR count). The summed E-state index contributed by atoms with van der Waals surface area (Å²) in [6.45, 7) is 0.813. The zero-order valence-corrected chi connectivity index (χ0v) is 8.70. The summed E-state index contributed by atoms with van der Waals surface area (Å²) in [5.41, 5.74) is 3.51. The predicted molar refractivity (Wildman–Crippen MR) is 58.3 cm³/mol. The molecule has 1 aromatic heterocycles. The van der Waals surface area contributed by atoms with Gasteiger partial charge >= 0.3 is 0 Å². The molecule has 1 unspecified atom stereocenters. The van der Waals surface area contributed by atoms with Crippen LogP contribution >= 0.6 is 0 Å². The normalized spacial score (nSPS) is 19.4. The van der Waals surface area contributed by atoms with E-state index in [1.54, 1.807) is 0 Å². The lowest BCUT2D eigenvalue weighted by molar-refractivity contribution is 0.493. The summed E-state index contributed by atoms with van der Waals surface area (Å²) in [6.07, 6.45) is 2.73. The number of nitrogens with zero attached hydrogens (tertiary/aromatic N) is 1. The largest absolute Gasteiger partial charge is 0.305 e. The lowest BCUT2D eigenvalue weighted by atomic mass is 9.97. The van der Waals surface area contributed by atoms with Gasteiger partial charge in [0.2, 0.25) is 0 Å². The number of halogens is 1. The molecule has 1 aliphatic rings. The first-order valence-electron chi connectivity index (χ1n) is 5.33. The summed E-state index contributed by atoms with van der Waals surface area (Å²) >= 11 is 0. The number of benzene rings is 1. The second-order valence-electron chi connectivity index (χ2n) is 4.06. The lowest BCUT2D eigenvalue weighted by Gasteiger charge is -2.23. The van der Waals surface area contributed by atoms with Gasteiger partial charge in [-0.2, -0.15) is 5.10 Å². The third-order valence-corrected chi connectivity index (χ3v) is 3.03. The zero-order valence-electron chi connectivity index (χ0n) is 8.70. The Labute approximate surface area is 92.7 Å². The Bertz CT molecular complexity index is 489. The highest BCUT2D eigenvalue weighted by Gasteiger charge is 2.20. The molecule has 0 bridgehead atoms. The van der Waals surface area contributed by atoms with E-state index in [1.807, 2.05) is 18.3 Å². The smallest absolute Gasteiger partial charge is 0.123 e. The number of nitrogens with one attached hydrogen (secondary N) is 2. The lowest BCUT2D eigenvalue weighted by Crippen LogP contribution is -2.28. The van der Waals surface area contributed by atoms with Gasteiger partial charge in [-0.3, -0.25) is 5.10 Å². The topological polar surface area (TPSA) is 40.7 Å². The highest BCUT2D eigenvalue weighted by atomic mass is 19.1. The molecule has 3 nitrogen and oxygen atoms in total. The van der Waals surface area contributed by atoms with Crippen LogP contribution in [0.25, 0.3) is 0 Å². The average molecular weight is 217 g/mol. The van der Waals surface area contributed by atoms with Crippen LogP contribution in [0, 0.1) is 5.82 Å². The number of aromatic nitrogens is 2. The summed E-state index contributed by atoms with van der Waals surface area (Å²) < 4.78 is 12.8. The van der Waals surface area contributed by atoms with Gasteiger partial charge in [-0.25, -0.2) is 4.39 Å². The van der Waals surface area contributed by atoms with Crippen molar-refractivity contribution < 1.29 is 4.39 Å². The number of fused-ring (bicyclic) bond motifs is 1. The summed E-state index contributed by atoms with van der Waals surface area (Å²) in [6, 6.07) is 6.90. The van der Waals surface area contributed by atoms with E-state index in [9.17, 15) is 4.39 Å². The minimum Gasteiger partial charge on any atom is -0.305 e. The van der Waals surface area contributed by atoms with Crippen molar-refractivity contribution in [2.24, 2.45) is 0 Å². The molecule has 1 atom stereocenters. The Kier molecular flexibility index (Phi) is 2.22. The van der Waals surface area contributed by atoms with Gasteiger partial charge in [-0.15, -0.1) is 0 Å². The quantitative estimate of drug-likeness (QED) is 0.766. The fraction of sp³-hybridized carbons (Fsp3) is 0.250. The molecule has 0 amide bonds. The van der Waals surface area contributed by atoms with Gasteiger partial charge in [0.1, 0.15) is 5.82 Å². The highest BCUT2D eigenvalue weighted by Crippen LogP contribution is 2.24. The Morgan fingerprint density at radius 3 is 2.88 bits per heavy atom. The van der Waals surface area contributed by atoms with Gasteiger partial charge in [0.15, 0.2) is 0 Å². The number of rotatable bonds is 1. The molecule has 0 saturated heterocycles. The van der Waals surface area contributed by atoms with E-state index in [2.05, 4.69) is 15.5 Å². The molecule has 2 aromatic rings. The Balaban J connectivity index is 1.86. The summed E-state index contributed by atoms with van der Waals surface area (Å²) in [4.78, 5) is 0. The molecule has 0 aliphatic carbocycles. The van der Waals surface area contributed by atoms with E-state index in [0.29, 0.717) is 0 Å². The van der Waals surface area contributed by atoms with Gasteiger partial charge in [-0.05, 0) is 17.7 Å². The van der Waals surface area contributed by atoms with E-state index in [4.69, 9.17) is 0 Å². The van der Waals surface area contributed by atoms with Crippen LogP contribution in [0.1, 0.15) is 22.9 Å². The highest BCUT2D eigenvalue weighted by molar-refractivity contribution is 5.27. The van der Waals surface area contributed by atoms with Gasteiger partial charge in [0.05, 0.1) is 6.20 Å². The van der Waals surface area contributed by atoms with E-state index in [-0.39, 0.29) is 11.9 Å². The van der Waals surface area contributed by atoms with E-state index in [0.717, 1.165) is 18.5 Å². The van der Waals surface area contributed by atoms with Crippen molar-refractivity contribution in [1.29, 1.82) is 0 Å². The second kappa shape index (κ2) is 3.72. The van der Waals surface area contributed by atoms with Gasteiger partial charge in [-0.1, -0.05) is 12.1 Å². The summed E-state index contributed by atoms with van der Waals surface area (Å²) in [5.74, 6) is -0.193. The van der Waals surface area contributed by atoms with Crippen molar-refractivity contribution >= 4 is 0 Å². The van der Waals surface area contributed by atoms with Crippen molar-refractivity contribution in [1.82, 2.24) is 15.5 Å². The first-order valence-corrected chi connectivity index (χ1v) is 5.33. The molecule has 2 N–H and O–H groups in total. The van der Waals surface area contributed by atoms with Gasteiger partial charge < -0.3 is 5.32 Å². The maximum absolute atomic E-state index is 12.8. The summed E-state index contributed by atoms with van der Waals surface area (Å²) in [5, 5.41) is 10.4. The average Bonchev–Trinajstić information content (AvgIpc) is 2.77. The molecule has 0 spiro atoms. The second-order valence-corrected chi connectivity index (χ2v) is 4.06. The van der Waals surface area contributed by atoms with Crippen LogP contribution in [-0.2, 0) is 13.0 Å². The molecule has 4 heteroatoms. The molecule has 0 fully saturated rings. The van der Waals surface area contributed by atoms with Crippen molar-refractivity contribution in [3.8, 4) is 0 Å². The number of hydrogen-bond acceptors (Lipinski definition) is 2. The SMILES string of the molecule is Fc1ccc(C2Cc3[nH]ncc3CN2)cc1. The van der Waals surface area contributed by atoms with Gasteiger partial charge in [0.25, 0.3) is 0 Å². The Morgan fingerprint density at radius 2 is 2.06 bits per heavy atom. The molecule has 16 heavy (non-hydrogen) atoms. The Morgan fingerprint density at radius 1 is 1.25 bits per heavy atom. The van der Waals surface area contributed by atoms with Crippen LogP contribution < -0.4 is 5.32 Å². The molecular weight excluding hydrogens is 205 g/mol. The Hall–Kier alpha value is -1.68. The standard InChI is InChI=1S/C12H12FN3/c13-10-3-1-8(2-4-10)11-5-12-9(6-14-11)7-15-16-12/h1-4,7,11,14H,5-6H2,(H,15,16). The van der Waals surface area contributed by atoms with Crippen molar-refractivity contribution in [2.75, 3.05) is 0 Å². The number of hydrogen-bond donors (Lipinski definition) is 2. The van der Waals surface area contributed by atoms with Crippen LogP contribution in [0.4, 0.5) is 4.39 Å². The molecule has 82 valence electrons. The van der Waals surface area contributed by atoms with Crippen LogP contribution in [-0.4, -0.2) is 10.2 Å². The maximum atomic E-state index is 12.8. The van der Waals surface area contributed by atoms with Crippen LogP contribution in [0.5, 0.6) is 0 Å². The molecule has 0 radical (unpaired) electrons. The monoisotopic (exact) mass is 217 g/mol. The molecule has 1 aromatic carbocycles. The molecule has 0 saturated carbocycles. The third-order valence-electron chi connectivity index (χ3n) is 3.03. The van der Waals surface area contributed by atoms with Crippen molar-refractivity contribution in [2.45, 2.75) is 19.0 Å².